The first-order chi connectivity index (χ1) is 10.0. The van der Waals surface area contributed by atoms with Crippen LogP contribution in [0, 0.1) is 0 Å². The summed E-state index contributed by atoms with van der Waals surface area (Å²) in [5, 5.41) is 19.0. The highest BCUT2D eigenvalue weighted by atomic mass is 16.3. The van der Waals surface area contributed by atoms with Crippen molar-refractivity contribution in [3.63, 3.8) is 0 Å². The van der Waals surface area contributed by atoms with Crippen molar-refractivity contribution >= 4 is 5.91 Å². The Morgan fingerprint density at radius 3 is 2.67 bits per heavy atom. The summed E-state index contributed by atoms with van der Waals surface area (Å²) in [6.45, 7) is 4.30. The average Bonchev–Trinajstić information content (AvgIpc) is 2.46. The molecule has 1 fully saturated rings. The van der Waals surface area contributed by atoms with E-state index in [4.69, 9.17) is 0 Å². The first-order valence-corrected chi connectivity index (χ1v) is 7.52. The van der Waals surface area contributed by atoms with Crippen molar-refractivity contribution in [1.82, 2.24) is 9.80 Å². The quantitative estimate of drug-likeness (QED) is 0.814. The number of phenolic OH excluding ortho intramolecular Hbond substituents is 2. The number of carbonyl (C=O) groups is 1. The van der Waals surface area contributed by atoms with E-state index in [9.17, 15) is 15.0 Å². The molecule has 0 saturated carbocycles. The third-order valence-electron chi connectivity index (χ3n) is 4.08. The summed E-state index contributed by atoms with van der Waals surface area (Å²) in [4.78, 5) is 16.3. The molecule has 0 unspecified atom stereocenters. The van der Waals surface area contributed by atoms with Crippen LogP contribution >= 0.6 is 0 Å². The average molecular weight is 292 g/mol. The number of nitrogens with zero attached hydrogens (tertiary/aromatic N) is 2. The smallest absolute Gasteiger partial charge is 0.239 e. The lowest BCUT2D eigenvalue weighted by atomic mass is 10.0. The second-order valence-corrected chi connectivity index (χ2v) is 5.71. The highest BCUT2D eigenvalue weighted by molar-refractivity contribution is 5.82. The highest BCUT2D eigenvalue weighted by Crippen LogP contribution is 2.27. The second kappa shape index (κ2) is 6.80. The fourth-order valence-corrected chi connectivity index (χ4v) is 2.75. The Morgan fingerprint density at radius 2 is 2.00 bits per heavy atom. The minimum Gasteiger partial charge on any atom is -0.504 e. The van der Waals surface area contributed by atoms with E-state index in [-0.39, 0.29) is 23.4 Å². The molecule has 5 heteroatoms. The Bertz CT molecular complexity index is 504. The number of benzene rings is 1. The molecule has 1 aliphatic heterocycles. The predicted octanol–water partition coefficient (Wildman–Crippen LogP) is 1.93. The van der Waals surface area contributed by atoms with Crippen LogP contribution < -0.4 is 0 Å². The van der Waals surface area contributed by atoms with E-state index in [1.54, 1.807) is 17.0 Å². The predicted molar refractivity (Wildman–Crippen MR) is 81.1 cm³/mol. The molecule has 0 aliphatic carbocycles. The molecule has 2 N–H and O–H groups in total. The van der Waals surface area contributed by atoms with Gasteiger partial charge in [-0.25, -0.2) is 0 Å². The van der Waals surface area contributed by atoms with Crippen LogP contribution in [0.2, 0.25) is 0 Å². The first-order valence-electron chi connectivity index (χ1n) is 7.52. The van der Waals surface area contributed by atoms with Gasteiger partial charge < -0.3 is 15.1 Å². The summed E-state index contributed by atoms with van der Waals surface area (Å²) < 4.78 is 0. The van der Waals surface area contributed by atoms with Crippen LogP contribution in [0.5, 0.6) is 11.5 Å². The Labute approximate surface area is 125 Å². The Kier molecular flexibility index (Phi) is 5.07. The Hall–Kier alpha value is -1.75. The van der Waals surface area contributed by atoms with Gasteiger partial charge in [0.1, 0.15) is 0 Å². The lowest BCUT2D eigenvalue weighted by Gasteiger charge is -2.39. The van der Waals surface area contributed by atoms with E-state index >= 15 is 0 Å². The number of aromatic hydroxyl groups is 2. The molecule has 0 bridgehead atoms. The van der Waals surface area contributed by atoms with Crippen LogP contribution in [0.15, 0.2) is 18.2 Å². The fraction of sp³-hybridized carbons (Fsp3) is 0.562. The van der Waals surface area contributed by atoms with Crippen LogP contribution in [0.3, 0.4) is 0 Å². The van der Waals surface area contributed by atoms with Crippen LogP contribution in [0.1, 0.15) is 31.7 Å². The number of phenols is 2. The van der Waals surface area contributed by atoms with Crippen molar-refractivity contribution < 1.29 is 15.0 Å². The van der Waals surface area contributed by atoms with Crippen molar-refractivity contribution in [2.75, 3.05) is 20.1 Å². The number of rotatable bonds is 5. The van der Waals surface area contributed by atoms with Gasteiger partial charge in [0, 0.05) is 26.7 Å². The molecule has 0 aromatic heterocycles. The third-order valence-corrected chi connectivity index (χ3v) is 4.08. The zero-order valence-corrected chi connectivity index (χ0v) is 12.7. The highest BCUT2D eigenvalue weighted by Gasteiger charge is 2.32. The van der Waals surface area contributed by atoms with E-state index in [0.29, 0.717) is 6.54 Å². The van der Waals surface area contributed by atoms with Crippen LogP contribution in [0.25, 0.3) is 0 Å². The Morgan fingerprint density at radius 1 is 1.24 bits per heavy atom. The first kappa shape index (κ1) is 15.6. The summed E-state index contributed by atoms with van der Waals surface area (Å²) in [7, 11) is 1.85. The molecule has 1 amide bonds. The largest absolute Gasteiger partial charge is 0.504 e. The molecule has 1 saturated heterocycles. The number of unbranched alkanes of at least 4 members (excludes halogenated alkanes) is 1. The molecule has 0 spiro atoms. The summed E-state index contributed by atoms with van der Waals surface area (Å²) in [6.07, 6.45) is 2.96. The van der Waals surface area contributed by atoms with Crippen molar-refractivity contribution in [1.29, 1.82) is 0 Å². The summed E-state index contributed by atoms with van der Waals surface area (Å²) in [6, 6.07) is 4.76. The number of amides is 1. The van der Waals surface area contributed by atoms with Crippen molar-refractivity contribution in [3.8, 4) is 11.5 Å². The molecule has 1 atom stereocenters. The summed E-state index contributed by atoms with van der Waals surface area (Å²) >= 11 is 0. The van der Waals surface area contributed by atoms with Crippen LogP contribution in [-0.2, 0) is 11.3 Å². The zero-order chi connectivity index (χ0) is 15.4. The van der Waals surface area contributed by atoms with Crippen molar-refractivity contribution in [3.05, 3.63) is 23.8 Å². The Balaban J connectivity index is 2.11. The van der Waals surface area contributed by atoms with E-state index in [0.717, 1.165) is 37.9 Å². The lowest BCUT2D eigenvalue weighted by Crippen LogP contribution is -2.55. The second-order valence-electron chi connectivity index (χ2n) is 5.71. The number of likely N-dealkylation sites (N-methyl/N-ethyl adjacent to an activating group) is 1. The molecular formula is C16H24N2O3. The summed E-state index contributed by atoms with van der Waals surface area (Å²) in [5.74, 6) is -0.0495. The number of carbonyl (C=O) groups excluding carboxylic acids is 1. The van der Waals surface area contributed by atoms with Gasteiger partial charge in [0.2, 0.25) is 5.91 Å². The van der Waals surface area contributed by atoms with E-state index in [1.165, 1.54) is 6.07 Å². The molecule has 0 radical (unpaired) electrons. The van der Waals surface area contributed by atoms with E-state index < -0.39 is 0 Å². The molecular weight excluding hydrogens is 268 g/mol. The normalized spacial score (nSPS) is 20.0. The maximum absolute atomic E-state index is 12.3. The molecule has 2 rings (SSSR count). The molecule has 21 heavy (non-hydrogen) atoms. The maximum atomic E-state index is 12.3. The lowest BCUT2D eigenvalue weighted by molar-refractivity contribution is -0.140. The van der Waals surface area contributed by atoms with Gasteiger partial charge in [-0.05, 0) is 24.1 Å². The minimum atomic E-state index is -0.115. The summed E-state index contributed by atoms with van der Waals surface area (Å²) in [5.41, 5.74) is 0.907. The SMILES string of the molecule is CCCC[C@H]1C(=O)N(C)CCN1Cc1ccc(O)c(O)c1. The van der Waals surface area contributed by atoms with Gasteiger partial charge in [0.25, 0.3) is 0 Å². The molecule has 116 valence electrons. The van der Waals surface area contributed by atoms with Crippen LogP contribution in [0.4, 0.5) is 0 Å². The zero-order valence-electron chi connectivity index (χ0n) is 12.7. The molecule has 1 aromatic carbocycles. The monoisotopic (exact) mass is 292 g/mol. The molecule has 1 aliphatic rings. The van der Waals surface area contributed by atoms with Gasteiger partial charge in [0.05, 0.1) is 6.04 Å². The van der Waals surface area contributed by atoms with Gasteiger partial charge in [-0.15, -0.1) is 0 Å². The van der Waals surface area contributed by atoms with E-state index in [1.807, 2.05) is 7.05 Å². The standard InChI is InChI=1S/C16H24N2O3/c1-3-4-5-13-16(21)17(2)8-9-18(13)11-12-6-7-14(19)15(20)10-12/h6-7,10,13,19-20H,3-5,8-9,11H2,1-2H3/t13-/m0/s1. The van der Waals surface area contributed by atoms with Gasteiger partial charge in [-0.1, -0.05) is 25.8 Å². The molecule has 1 aromatic rings. The molecule has 1 heterocycles. The van der Waals surface area contributed by atoms with Gasteiger partial charge in [0.15, 0.2) is 11.5 Å². The number of piperazine rings is 1. The molecule has 5 nitrogen and oxygen atoms in total. The van der Waals surface area contributed by atoms with Gasteiger partial charge in [-0.2, -0.15) is 0 Å². The topological polar surface area (TPSA) is 64.0 Å². The van der Waals surface area contributed by atoms with E-state index in [2.05, 4.69) is 11.8 Å². The van der Waals surface area contributed by atoms with Gasteiger partial charge in [-0.3, -0.25) is 9.69 Å². The van der Waals surface area contributed by atoms with Gasteiger partial charge >= 0.3 is 0 Å². The maximum Gasteiger partial charge on any atom is 0.239 e. The fourth-order valence-electron chi connectivity index (χ4n) is 2.75. The van der Waals surface area contributed by atoms with Crippen molar-refractivity contribution in [2.24, 2.45) is 0 Å². The third kappa shape index (κ3) is 3.67. The minimum absolute atomic E-state index is 0.0837. The van der Waals surface area contributed by atoms with Crippen LogP contribution in [-0.4, -0.2) is 52.1 Å². The van der Waals surface area contributed by atoms with Crippen molar-refractivity contribution in [2.45, 2.75) is 38.8 Å². The number of hydrogen-bond acceptors (Lipinski definition) is 4. The number of hydrogen-bond donors (Lipinski definition) is 2.